The summed E-state index contributed by atoms with van der Waals surface area (Å²) in [5.74, 6) is -1.71. The predicted molar refractivity (Wildman–Crippen MR) is 66.4 cm³/mol. The first kappa shape index (κ1) is 13.9. The lowest BCUT2D eigenvalue weighted by Crippen LogP contribution is -2.52. The van der Waals surface area contributed by atoms with Gasteiger partial charge >= 0.3 is 5.97 Å². The fraction of sp³-hybridized carbons (Fsp3) is 0.333. The molecular formula is C12H12N2O6. The molecule has 1 aromatic carbocycles. The summed E-state index contributed by atoms with van der Waals surface area (Å²) in [6, 6.07) is 4.14. The number of morpholine rings is 1. The Morgan fingerprint density at radius 1 is 1.45 bits per heavy atom. The van der Waals surface area contributed by atoms with Gasteiger partial charge in [0.1, 0.15) is 0 Å². The normalized spacial score (nSPS) is 18.6. The van der Waals surface area contributed by atoms with Crippen LogP contribution in [0.4, 0.5) is 5.69 Å². The van der Waals surface area contributed by atoms with Crippen LogP contribution >= 0.6 is 0 Å². The number of aliphatic carboxylic acids is 1. The average Bonchev–Trinajstić information content (AvgIpc) is 2.46. The number of benzene rings is 1. The number of nitro benzene ring substituents is 1. The maximum absolute atomic E-state index is 12.3. The lowest BCUT2D eigenvalue weighted by molar-refractivity contribution is -0.384. The van der Waals surface area contributed by atoms with E-state index in [9.17, 15) is 19.7 Å². The number of rotatable bonds is 3. The molecule has 2 rings (SSSR count). The van der Waals surface area contributed by atoms with Gasteiger partial charge in [0.05, 0.1) is 18.1 Å². The second-order valence-corrected chi connectivity index (χ2v) is 4.23. The number of nitrogens with zero attached hydrogens (tertiary/aromatic N) is 2. The van der Waals surface area contributed by atoms with Gasteiger partial charge in [-0.05, 0) is 6.07 Å². The van der Waals surface area contributed by atoms with Gasteiger partial charge in [0.25, 0.3) is 11.6 Å². The summed E-state index contributed by atoms with van der Waals surface area (Å²) in [5, 5.41) is 19.8. The van der Waals surface area contributed by atoms with Crippen molar-refractivity contribution in [1.82, 2.24) is 4.90 Å². The molecule has 1 atom stereocenters. The third-order valence-corrected chi connectivity index (χ3v) is 2.98. The highest BCUT2D eigenvalue weighted by Gasteiger charge is 2.33. The number of nitro groups is 1. The van der Waals surface area contributed by atoms with E-state index in [1.165, 1.54) is 18.2 Å². The van der Waals surface area contributed by atoms with Crippen LogP contribution in [0.1, 0.15) is 10.4 Å². The first-order valence-electron chi connectivity index (χ1n) is 5.86. The van der Waals surface area contributed by atoms with E-state index in [0.29, 0.717) is 0 Å². The number of hydrogen-bond donors (Lipinski definition) is 1. The second kappa shape index (κ2) is 5.66. The number of carboxylic acid groups (broad SMARTS) is 1. The summed E-state index contributed by atoms with van der Waals surface area (Å²) in [7, 11) is 0. The molecule has 1 amide bonds. The summed E-state index contributed by atoms with van der Waals surface area (Å²) in [6.45, 7) is 0.291. The Bertz CT molecular complexity index is 559. The van der Waals surface area contributed by atoms with Gasteiger partial charge in [-0.15, -0.1) is 0 Å². The zero-order chi connectivity index (χ0) is 14.7. The van der Waals surface area contributed by atoms with Gasteiger partial charge in [-0.1, -0.05) is 6.07 Å². The van der Waals surface area contributed by atoms with Gasteiger partial charge < -0.3 is 14.7 Å². The van der Waals surface area contributed by atoms with Crippen molar-refractivity contribution in [3.05, 3.63) is 39.9 Å². The molecule has 1 aliphatic rings. The molecule has 1 fully saturated rings. The van der Waals surface area contributed by atoms with Crippen LogP contribution in [0.25, 0.3) is 0 Å². The van der Waals surface area contributed by atoms with E-state index in [2.05, 4.69) is 0 Å². The molecule has 1 aromatic rings. The second-order valence-electron chi connectivity index (χ2n) is 4.23. The first-order valence-corrected chi connectivity index (χ1v) is 5.86. The Morgan fingerprint density at radius 2 is 2.20 bits per heavy atom. The van der Waals surface area contributed by atoms with E-state index >= 15 is 0 Å². The Balaban J connectivity index is 2.27. The summed E-state index contributed by atoms with van der Waals surface area (Å²) in [5.41, 5.74) is -0.122. The summed E-state index contributed by atoms with van der Waals surface area (Å²) in [4.78, 5) is 34.6. The topological polar surface area (TPSA) is 110 Å². The van der Waals surface area contributed by atoms with Crippen molar-refractivity contribution in [2.24, 2.45) is 0 Å². The molecular weight excluding hydrogens is 268 g/mol. The minimum Gasteiger partial charge on any atom is -0.480 e. The van der Waals surface area contributed by atoms with E-state index in [4.69, 9.17) is 9.84 Å². The van der Waals surface area contributed by atoms with Crippen LogP contribution in [-0.4, -0.2) is 52.6 Å². The molecule has 0 radical (unpaired) electrons. The quantitative estimate of drug-likeness (QED) is 0.638. The third-order valence-electron chi connectivity index (χ3n) is 2.98. The van der Waals surface area contributed by atoms with Crippen LogP contribution in [0.2, 0.25) is 0 Å². The maximum Gasteiger partial charge on any atom is 0.328 e. The molecule has 0 bridgehead atoms. The van der Waals surface area contributed by atoms with Gasteiger partial charge in [0.15, 0.2) is 6.04 Å². The number of hydrogen-bond acceptors (Lipinski definition) is 5. The van der Waals surface area contributed by atoms with Gasteiger partial charge in [-0.2, -0.15) is 0 Å². The first-order chi connectivity index (χ1) is 9.50. The van der Waals surface area contributed by atoms with Crippen molar-refractivity contribution in [3.8, 4) is 0 Å². The van der Waals surface area contributed by atoms with E-state index < -0.39 is 22.8 Å². The van der Waals surface area contributed by atoms with Crippen LogP contribution in [0, 0.1) is 10.1 Å². The van der Waals surface area contributed by atoms with Gasteiger partial charge in [-0.25, -0.2) is 4.79 Å². The molecule has 1 unspecified atom stereocenters. The average molecular weight is 280 g/mol. The molecule has 0 aromatic heterocycles. The summed E-state index contributed by atoms with van der Waals surface area (Å²) < 4.78 is 5.04. The number of amides is 1. The van der Waals surface area contributed by atoms with Crippen molar-refractivity contribution < 1.29 is 24.4 Å². The molecule has 8 heteroatoms. The molecule has 0 aliphatic carbocycles. The lowest BCUT2D eigenvalue weighted by atomic mass is 10.1. The van der Waals surface area contributed by atoms with Crippen molar-refractivity contribution in [2.75, 3.05) is 19.8 Å². The minimum absolute atomic E-state index is 0.0873. The third kappa shape index (κ3) is 2.75. The Hall–Kier alpha value is -2.48. The standard InChI is InChI=1S/C12H12N2O6/c15-11(8-2-1-3-9(6-8)14(18)19)13-4-5-20-7-10(13)12(16)17/h1-3,6,10H,4-5,7H2,(H,16,17). The molecule has 0 spiro atoms. The summed E-state index contributed by atoms with van der Waals surface area (Å²) in [6.07, 6.45) is 0. The summed E-state index contributed by atoms with van der Waals surface area (Å²) >= 11 is 0. The van der Waals surface area contributed by atoms with Crippen LogP contribution in [0.15, 0.2) is 24.3 Å². The van der Waals surface area contributed by atoms with Crippen molar-refractivity contribution in [3.63, 3.8) is 0 Å². The van der Waals surface area contributed by atoms with E-state index in [1.54, 1.807) is 0 Å². The molecule has 8 nitrogen and oxygen atoms in total. The number of carbonyl (C=O) groups is 2. The van der Waals surface area contributed by atoms with E-state index in [-0.39, 0.29) is 31.0 Å². The van der Waals surface area contributed by atoms with Crippen molar-refractivity contribution in [2.45, 2.75) is 6.04 Å². The Kier molecular flexibility index (Phi) is 3.94. The van der Waals surface area contributed by atoms with Crippen LogP contribution in [-0.2, 0) is 9.53 Å². The molecule has 106 valence electrons. The SMILES string of the molecule is O=C(O)C1COCCN1C(=O)c1cccc([N+](=O)[O-])c1. The van der Waals surface area contributed by atoms with Gasteiger partial charge in [-0.3, -0.25) is 14.9 Å². The highest BCUT2D eigenvalue weighted by atomic mass is 16.6. The predicted octanol–water partition coefficient (Wildman–Crippen LogP) is 0.520. The molecule has 20 heavy (non-hydrogen) atoms. The zero-order valence-corrected chi connectivity index (χ0v) is 10.4. The molecule has 1 saturated heterocycles. The van der Waals surface area contributed by atoms with Gasteiger partial charge in [0, 0.05) is 24.2 Å². The maximum atomic E-state index is 12.3. The number of carbonyl (C=O) groups excluding carboxylic acids is 1. The zero-order valence-electron chi connectivity index (χ0n) is 10.4. The number of ether oxygens (including phenoxy) is 1. The Labute approximate surface area is 113 Å². The van der Waals surface area contributed by atoms with Crippen molar-refractivity contribution in [1.29, 1.82) is 0 Å². The van der Waals surface area contributed by atoms with Crippen LogP contribution in [0.5, 0.6) is 0 Å². The van der Waals surface area contributed by atoms with Crippen LogP contribution < -0.4 is 0 Å². The monoisotopic (exact) mass is 280 g/mol. The number of carboxylic acids is 1. The highest BCUT2D eigenvalue weighted by Crippen LogP contribution is 2.17. The van der Waals surface area contributed by atoms with Crippen molar-refractivity contribution >= 4 is 17.6 Å². The lowest BCUT2D eigenvalue weighted by Gasteiger charge is -2.32. The fourth-order valence-electron chi connectivity index (χ4n) is 1.97. The highest BCUT2D eigenvalue weighted by molar-refractivity contribution is 5.97. The molecule has 1 aliphatic heterocycles. The molecule has 1 heterocycles. The molecule has 0 saturated carbocycles. The van der Waals surface area contributed by atoms with Crippen LogP contribution in [0.3, 0.4) is 0 Å². The number of non-ortho nitro benzene ring substituents is 1. The van der Waals surface area contributed by atoms with E-state index in [1.807, 2.05) is 0 Å². The smallest absolute Gasteiger partial charge is 0.328 e. The van der Waals surface area contributed by atoms with E-state index in [0.717, 1.165) is 11.0 Å². The fourth-order valence-corrected chi connectivity index (χ4v) is 1.97. The molecule has 1 N–H and O–H groups in total. The minimum atomic E-state index is -1.16. The van der Waals surface area contributed by atoms with Gasteiger partial charge in [0.2, 0.25) is 0 Å². The Morgan fingerprint density at radius 3 is 2.85 bits per heavy atom. The largest absolute Gasteiger partial charge is 0.480 e.